The van der Waals surface area contributed by atoms with Crippen LogP contribution in [0.5, 0.6) is 0 Å². The maximum atomic E-state index is 12.2. The largest absolute Gasteiger partial charge is 0.446 e. The molecule has 1 nitrogen and oxygen atoms in total. The molecular formula is C15H16F3NS. The van der Waals surface area contributed by atoms with Crippen LogP contribution in [0.1, 0.15) is 12.8 Å². The van der Waals surface area contributed by atoms with E-state index in [4.69, 9.17) is 0 Å². The Kier molecular flexibility index (Phi) is 3.71. The lowest BCUT2D eigenvalue weighted by Gasteiger charge is -2.19. The van der Waals surface area contributed by atoms with E-state index in [2.05, 4.69) is 17.5 Å². The quantitative estimate of drug-likeness (QED) is 0.625. The second-order valence-corrected chi connectivity index (χ2v) is 6.63. The lowest BCUT2D eigenvalue weighted by Crippen LogP contribution is -2.18. The molecule has 0 aliphatic heterocycles. The predicted molar refractivity (Wildman–Crippen MR) is 75.7 cm³/mol. The summed E-state index contributed by atoms with van der Waals surface area (Å²) in [6.07, 6.45) is 7.12. The molecule has 3 atom stereocenters. The maximum absolute atomic E-state index is 12.2. The topological polar surface area (TPSA) is 12.0 Å². The SMILES string of the molecule is FC(F)(F)Sc1ccc(NCC2CC3C=CC2C3)cc1. The molecule has 108 valence electrons. The van der Waals surface area contributed by atoms with Gasteiger partial charge in [0.2, 0.25) is 0 Å². The van der Waals surface area contributed by atoms with Gasteiger partial charge in [-0.2, -0.15) is 13.2 Å². The van der Waals surface area contributed by atoms with Gasteiger partial charge in [0.1, 0.15) is 0 Å². The number of nitrogens with one attached hydrogen (secondary N) is 1. The number of rotatable bonds is 4. The molecule has 0 amide bonds. The van der Waals surface area contributed by atoms with E-state index >= 15 is 0 Å². The Labute approximate surface area is 120 Å². The van der Waals surface area contributed by atoms with Crippen molar-refractivity contribution in [1.82, 2.24) is 0 Å². The Morgan fingerprint density at radius 3 is 2.40 bits per heavy atom. The second kappa shape index (κ2) is 5.35. The lowest BCUT2D eigenvalue weighted by molar-refractivity contribution is -0.0328. The number of allylic oxidation sites excluding steroid dienone is 2. The zero-order valence-corrected chi connectivity index (χ0v) is 11.7. The maximum Gasteiger partial charge on any atom is 0.446 e. The molecule has 5 heteroatoms. The van der Waals surface area contributed by atoms with Crippen molar-refractivity contribution in [2.24, 2.45) is 17.8 Å². The Balaban J connectivity index is 1.52. The van der Waals surface area contributed by atoms with Crippen molar-refractivity contribution in [2.75, 3.05) is 11.9 Å². The molecule has 0 spiro atoms. The average molecular weight is 299 g/mol. The molecule has 3 unspecified atom stereocenters. The highest BCUT2D eigenvalue weighted by atomic mass is 32.2. The molecule has 2 aliphatic rings. The van der Waals surface area contributed by atoms with Crippen molar-refractivity contribution >= 4 is 17.4 Å². The van der Waals surface area contributed by atoms with E-state index < -0.39 is 5.51 Å². The van der Waals surface area contributed by atoms with E-state index in [9.17, 15) is 13.2 Å². The van der Waals surface area contributed by atoms with Crippen molar-refractivity contribution in [2.45, 2.75) is 23.2 Å². The van der Waals surface area contributed by atoms with Gasteiger partial charge < -0.3 is 5.32 Å². The summed E-state index contributed by atoms with van der Waals surface area (Å²) in [7, 11) is 0. The van der Waals surface area contributed by atoms with E-state index in [0.717, 1.165) is 18.2 Å². The van der Waals surface area contributed by atoms with Gasteiger partial charge >= 0.3 is 5.51 Å². The zero-order chi connectivity index (χ0) is 14.2. The summed E-state index contributed by atoms with van der Waals surface area (Å²) < 4.78 is 36.7. The number of fused-ring (bicyclic) bond motifs is 2. The molecule has 0 heterocycles. The van der Waals surface area contributed by atoms with Gasteiger partial charge in [0, 0.05) is 17.1 Å². The van der Waals surface area contributed by atoms with E-state index in [1.165, 1.54) is 25.0 Å². The fraction of sp³-hybridized carbons (Fsp3) is 0.467. The first-order valence-corrected chi connectivity index (χ1v) is 7.59. The van der Waals surface area contributed by atoms with Gasteiger partial charge in [0.15, 0.2) is 0 Å². The molecule has 0 saturated heterocycles. The fourth-order valence-corrected chi connectivity index (χ4v) is 3.69. The summed E-state index contributed by atoms with van der Waals surface area (Å²) in [4.78, 5) is 0.228. The zero-order valence-electron chi connectivity index (χ0n) is 10.9. The summed E-state index contributed by atoms with van der Waals surface area (Å²) in [6.45, 7) is 0.900. The molecule has 1 fully saturated rings. The molecule has 2 aliphatic carbocycles. The highest BCUT2D eigenvalue weighted by molar-refractivity contribution is 8.00. The van der Waals surface area contributed by atoms with Crippen molar-refractivity contribution < 1.29 is 13.2 Å². The van der Waals surface area contributed by atoms with Gasteiger partial charge in [-0.3, -0.25) is 0 Å². The first kappa shape index (κ1) is 13.9. The number of anilines is 1. The van der Waals surface area contributed by atoms with Crippen LogP contribution in [0.25, 0.3) is 0 Å². The minimum absolute atomic E-state index is 0.0743. The van der Waals surface area contributed by atoms with Crippen LogP contribution in [-0.4, -0.2) is 12.1 Å². The fourth-order valence-electron chi connectivity index (χ4n) is 3.15. The highest BCUT2D eigenvalue weighted by Crippen LogP contribution is 2.43. The van der Waals surface area contributed by atoms with Gasteiger partial charge in [-0.05, 0) is 66.6 Å². The van der Waals surface area contributed by atoms with Gasteiger partial charge in [-0.15, -0.1) is 0 Å². The van der Waals surface area contributed by atoms with Crippen LogP contribution in [0, 0.1) is 17.8 Å². The van der Waals surface area contributed by atoms with Crippen LogP contribution < -0.4 is 5.32 Å². The van der Waals surface area contributed by atoms with Gasteiger partial charge in [0.25, 0.3) is 0 Å². The normalized spacial score (nSPS) is 28.1. The van der Waals surface area contributed by atoms with Crippen molar-refractivity contribution in [3.05, 3.63) is 36.4 Å². The van der Waals surface area contributed by atoms with E-state index in [-0.39, 0.29) is 16.7 Å². The number of hydrogen-bond acceptors (Lipinski definition) is 2. The van der Waals surface area contributed by atoms with E-state index in [0.29, 0.717) is 11.8 Å². The molecule has 3 rings (SSSR count). The van der Waals surface area contributed by atoms with E-state index in [1.807, 2.05) is 0 Å². The Hall–Kier alpha value is -1.10. The Bertz CT molecular complexity index is 495. The first-order valence-electron chi connectivity index (χ1n) is 6.77. The van der Waals surface area contributed by atoms with Crippen LogP contribution >= 0.6 is 11.8 Å². The predicted octanol–water partition coefficient (Wildman–Crippen LogP) is 4.92. The molecule has 1 aromatic carbocycles. The van der Waals surface area contributed by atoms with Crippen molar-refractivity contribution in [1.29, 1.82) is 0 Å². The van der Waals surface area contributed by atoms with Crippen LogP contribution in [0.3, 0.4) is 0 Å². The molecular weight excluding hydrogens is 283 g/mol. The summed E-state index contributed by atoms with van der Waals surface area (Å²) in [5.41, 5.74) is -3.33. The number of thioether (sulfide) groups is 1. The van der Waals surface area contributed by atoms with Crippen LogP contribution in [0.4, 0.5) is 18.9 Å². The Morgan fingerprint density at radius 1 is 1.10 bits per heavy atom. The lowest BCUT2D eigenvalue weighted by atomic mass is 9.93. The summed E-state index contributed by atoms with van der Waals surface area (Å²) in [6, 6.07) is 6.47. The van der Waals surface area contributed by atoms with Crippen LogP contribution in [0.15, 0.2) is 41.3 Å². The third-order valence-electron chi connectivity index (χ3n) is 4.07. The smallest absolute Gasteiger partial charge is 0.385 e. The first-order chi connectivity index (χ1) is 9.49. The second-order valence-electron chi connectivity index (χ2n) is 5.49. The van der Waals surface area contributed by atoms with Crippen molar-refractivity contribution in [3.8, 4) is 0 Å². The molecule has 0 radical (unpaired) electrons. The molecule has 2 bridgehead atoms. The van der Waals surface area contributed by atoms with Gasteiger partial charge in [-0.25, -0.2) is 0 Å². The van der Waals surface area contributed by atoms with Gasteiger partial charge in [0.05, 0.1) is 0 Å². The molecule has 1 N–H and O–H groups in total. The standard InChI is InChI=1S/C15H16F3NS/c16-15(17,18)20-14-5-3-13(4-6-14)19-9-12-8-10-1-2-11(12)7-10/h1-6,10-12,19H,7-9H2. The minimum Gasteiger partial charge on any atom is -0.385 e. The summed E-state index contributed by atoms with van der Waals surface area (Å²) in [5.74, 6) is 2.10. The van der Waals surface area contributed by atoms with Crippen molar-refractivity contribution in [3.63, 3.8) is 0 Å². The highest BCUT2D eigenvalue weighted by Gasteiger charge is 2.35. The number of halogens is 3. The number of alkyl halides is 3. The molecule has 20 heavy (non-hydrogen) atoms. The van der Waals surface area contributed by atoms with E-state index in [1.54, 1.807) is 12.1 Å². The third kappa shape index (κ3) is 3.32. The van der Waals surface area contributed by atoms with Crippen LogP contribution in [-0.2, 0) is 0 Å². The molecule has 1 saturated carbocycles. The summed E-state index contributed by atoms with van der Waals surface area (Å²) in [5, 5.41) is 3.34. The molecule has 0 aromatic heterocycles. The van der Waals surface area contributed by atoms with Gasteiger partial charge in [-0.1, -0.05) is 12.2 Å². The molecule has 1 aromatic rings. The van der Waals surface area contributed by atoms with Crippen LogP contribution in [0.2, 0.25) is 0 Å². The third-order valence-corrected chi connectivity index (χ3v) is 4.81. The summed E-state index contributed by atoms with van der Waals surface area (Å²) >= 11 is -0.0743. The monoisotopic (exact) mass is 299 g/mol. The number of hydrogen-bond donors (Lipinski definition) is 1. The minimum atomic E-state index is -4.22. The Morgan fingerprint density at radius 2 is 1.85 bits per heavy atom. The average Bonchev–Trinajstić information content (AvgIpc) is 2.98. The number of benzene rings is 1.